The van der Waals surface area contributed by atoms with Crippen LogP contribution in [-0.4, -0.2) is 9.13 Å². The van der Waals surface area contributed by atoms with E-state index in [0.29, 0.717) is 22.5 Å². The number of hydrogen-bond acceptors (Lipinski definition) is 1. The third-order valence-electron chi connectivity index (χ3n) is 10.3. The highest BCUT2D eigenvalue weighted by atomic mass is 19.4. The standard InChI is InChI=1S/C46H38F3N3/c1-44(2,3)29-19-21-40-34(25-29)32-14-8-11-17-38(32)51(40)42-23-28(31-13-7-10-16-37(31)46(47,48)49)24-43(36(42)27-50)52-39-18-12-9-15-33(39)35-26-30(45(4,5)6)20-22-41(35)52/h7-26H,1-6H3. The molecule has 52 heavy (non-hydrogen) atoms. The van der Waals surface area contributed by atoms with Gasteiger partial charge in [0.25, 0.3) is 0 Å². The second-order valence-electron chi connectivity index (χ2n) is 15.7. The average Bonchev–Trinajstić information content (AvgIpc) is 3.62. The van der Waals surface area contributed by atoms with E-state index in [4.69, 9.17) is 0 Å². The molecule has 0 amide bonds. The fraction of sp³-hybridized carbons (Fsp3) is 0.196. The first-order valence-corrected chi connectivity index (χ1v) is 17.5. The van der Waals surface area contributed by atoms with Gasteiger partial charge in [0.1, 0.15) is 11.6 Å². The first-order valence-electron chi connectivity index (χ1n) is 17.5. The van der Waals surface area contributed by atoms with E-state index in [1.165, 1.54) is 12.1 Å². The summed E-state index contributed by atoms with van der Waals surface area (Å²) in [6.45, 7) is 13.0. The Bertz CT molecular complexity index is 2600. The van der Waals surface area contributed by atoms with Gasteiger partial charge in [-0.05, 0) is 87.7 Å². The summed E-state index contributed by atoms with van der Waals surface area (Å²) in [5.74, 6) is 0. The molecule has 8 rings (SSSR count). The number of benzene rings is 6. The maximum atomic E-state index is 14.7. The van der Waals surface area contributed by atoms with Crippen LogP contribution in [0.3, 0.4) is 0 Å². The number of nitriles is 1. The summed E-state index contributed by atoms with van der Waals surface area (Å²) in [7, 11) is 0. The lowest BCUT2D eigenvalue weighted by atomic mass is 9.86. The van der Waals surface area contributed by atoms with Gasteiger partial charge in [0.05, 0.1) is 39.0 Å². The van der Waals surface area contributed by atoms with Gasteiger partial charge in [0.15, 0.2) is 0 Å². The summed E-state index contributed by atoms with van der Waals surface area (Å²) in [6, 6.07) is 40.5. The second kappa shape index (κ2) is 11.6. The smallest absolute Gasteiger partial charge is 0.308 e. The van der Waals surface area contributed by atoms with Crippen molar-refractivity contribution in [2.45, 2.75) is 58.5 Å². The van der Waals surface area contributed by atoms with Crippen LogP contribution in [0.4, 0.5) is 13.2 Å². The average molecular weight is 690 g/mol. The Balaban J connectivity index is 1.55. The molecule has 0 atom stereocenters. The lowest BCUT2D eigenvalue weighted by Gasteiger charge is -2.21. The number of hydrogen-bond donors (Lipinski definition) is 0. The number of aromatic nitrogens is 2. The van der Waals surface area contributed by atoms with Gasteiger partial charge >= 0.3 is 6.18 Å². The SMILES string of the molecule is CC(C)(C)c1ccc2c(c1)c1ccccc1n2-c1cc(-c2ccccc2C(F)(F)F)cc(-n2c3ccccc3c3cc(C(C)(C)C)ccc32)c1C#N. The van der Waals surface area contributed by atoms with Crippen molar-refractivity contribution in [3.8, 4) is 28.6 Å². The van der Waals surface area contributed by atoms with Gasteiger partial charge in [-0.3, -0.25) is 0 Å². The Morgan fingerprint density at radius 3 is 1.37 bits per heavy atom. The molecule has 6 heteroatoms. The molecule has 3 nitrogen and oxygen atoms in total. The van der Waals surface area contributed by atoms with E-state index in [-0.39, 0.29) is 16.4 Å². The number of rotatable bonds is 3. The number of alkyl halides is 3. The molecule has 0 saturated heterocycles. The normalized spacial score (nSPS) is 12.7. The van der Waals surface area contributed by atoms with Crippen molar-refractivity contribution < 1.29 is 13.2 Å². The Kier molecular flexibility index (Phi) is 7.45. The van der Waals surface area contributed by atoms with Crippen LogP contribution in [0.1, 0.15) is 63.8 Å². The Hall–Kier alpha value is -5.80. The van der Waals surface area contributed by atoms with E-state index in [2.05, 4.69) is 96.1 Å². The largest absolute Gasteiger partial charge is 0.417 e. The van der Waals surface area contributed by atoms with Gasteiger partial charge in [0, 0.05) is 21.5 Å². The molecule has 0 saturated carbocycles. The third-order valence-corrected chi connectivity index (χ3v) is 10.3. The Morgan fingerprint density at radius 2 is 0.923 bits per heavy atom. The predicted molar refractivity (Wildman–Crippen MR) is 208 cm³/mol. The molecule has 0 aliphatic heterocycles. The molecular weight excluding hydrogens is 652 g/mol. The first-order chi connectivity index (χ1) is 24.7. The van der Waals surface area contributed by atoms with Gasteiger partial charge in [-0.25, -0.2) is 0 Å². The predicted octanol–water partition coefficient (Wildman–Crippen LogP) is 13.0. The fourth-order valence-electron chi connectivity index (χ4n) is 7.61. The van der Waals surface area contributed by atoms with Crippen LogP contribution in [0.5, 0.6) is 0 Å². The number of nitrogens with zero attached hydrogens (tertiary/aromatic N) is 3. The monoisotopic (exact) mass is 689 g/mol. The number of para-hydroxylation sites is 2. The van der Waals surface area contributed by atoms with Crippen molar-refractivity contribution in [1.29, 1.82) is 5.26 Å². The van der Waals surface area contributed by atoms with E-state index in [9.17, 15) is 18.4 Å². The van der Waals surface area contributed by atoms with Gasteiger partial charge in [-0.1, -0.05) is 108 Å². The van der Waals surface area contributed by atoms with E-state index < -0.39 is 11.7 Å². The van der Waals surface area contributed by atoms with E-state index in [0.717, 1.165) is 60.8 Å². The van der Waals surface area contributed by atoms with Crippen LogP contribution in [0.25, 0.3) is 66.1 Å². The number of fused-ring (bicyclic) bond motifs is 6. The van der Waals surface area contributed by atoms with Crippen molar-refractivity contribution in [1.82, 2.24) is 9.13 Å². The molecule has 0 radical (unpaired) electrons. The van der Waals surface area contributed by atoms with Crippen molar-refractivity contribution in [3.63, 3.8) is 0 Å². The highest BCUT2D eigenvalue weighted by Crippen LogP contribution is 2.44. The van der Waals surface area contributed by atoms with Gasteiger partial charge < -0.3 is 9.13 Å². The molecule has 6 aromatic carbocycles. The maximum Gasteiger partial charge on any atom is 0.417 e. The zero-order chi connectivity index (χ0) is 36.7. The molecule has 0 N–H and O–H groups in total. The summed E-state index contributed by atoms with van der Waals surface area (Å²) >= 11 is 0. The molecule has 0 unspecified atom stereocenters. The molecule has 258 valence electrons. The summed E-state index contributed by atoms with van der Waals surface area (Å²) in [4.78, 5) is 0. The lowest BCUT2D eigenvalue weighted by molar-refractivity contribution is -0.137. The Morgan fingerprint density at radius 1 is 0.500 bits per heavy atom. The zero-order valence-corrected chi connectivity index (χ0v) is 30.0. The second-order valence-corrected chi connectivity index (χ2v) is 15.7. The van der Waals surface area contributed by atoms with E-state index in [1.54, 1.807) is 18.2 Å². The quantitative estimate of drug-likeness (QED) is 0.182. The van der Waals surface area contributed by atoms with Crippen molar-refractivity contribution in [3.05, 3.63) is 144 Å². The van der Waals surface area contributed by atoms with Crippen molar-refractivity contribution in [2.75, 3.05) is 0 Å². The minimum Gasteiger partial charge on any atom is -0.308 e. The summed E-state index contributed by atoms with van der Waals surface area (Å²) in [6.07, 6.45) is -4.59. The van der Waals surface area contributed by atoms with Gasteiger partial charge in [0.2, 0.25) is 0 Å². The first kappa shape index (κ1) is 33.3. The van der Waals surface area contributed by atoms with Crippen LogP contribution >= 0.6 is 0 Å². The molecule has 0 fully saturated rings. The topological polar surface area (TPSA) is 33.6 Å². The van der Waals surface area contributed by atoms with Crippen LogP contribution in [0.15, 0.2) is 121 Å². The molecule has 0 aliphatic rings. The summed E-state index contributed by atoms with van der Waals surface area (Å²) in [5, 5.41) is 15.2. The minimum absolute atomic E-state index is 0.0496. The fourth-order valence-corrected chi connectivity index (χ4v) is 7.61. The molecule has 2 aromatic heterocycles. The van der Waals surface area contributed by atoms with Crippen LogP contribution in [0, 0.1) is 11.3 Å². The molecule has 2 heterocycles. The van der Waals surface area contributed by atoms with Gasteiger partial charge in [-0.2, -0.15) is 18.4 Å². The lowest BCUT2D eigenvalue weighted by Crippen LogP contribution is -2.11. The summed E-state index contributed by atoms with van der Waals surface area (Å²) in [5.41, 5.74) is 6.66. The summed E-state index contributed by atoms with van der Waals surface area (Å²) < 4.78 is 48.1. The van der Waals surface area contributed by atoms with Crippen molar-refractivity contribution in [2.24, 2.45) is 0 Å². The molecule has 0 bridgehead atoms. The van der Waals surface area contributed by atoms with Crippen LogP contribution in [-0.2, 0) is 17.0 Å². The highest BCUT2D eigenvalue weighted by molar-refractivity contribution is 6.11. The maximum absolute atomic E-state index is 14.7. The van der Waals surface area contributed by atoms with Gasteiger partial charge in [-0.15, -0.1) is 0 Å². The molecule has 0 spiro atoms. The highest BCUT2D eigenvalue weighted by Gasteiger charge is 2.34. The van der Waals surface area contributed by atoms with E-state index in [1.807, 2.05) is 45.5 Å². The van der Waals surface area contributed by atoms with Crippen molar-refractivity contribution >= 4 is 43.6 Å². The molecular formula is C46H38F3N3. The van der Waals surface area contributed by atoms with Crippen LogP contribution in [0.2, 0.25) is 0 Å². The van der Waals surface area contributed by atoms with Crippen LogP contribution < -0.4 is 0 Å². The number of halogens is 3. The minimum atomic E-state index is -4.59. The Labute approximate surface area is 301 Å². The molecule has 8 aromatic rings. The molecule has 0 aliphatic carbocycles. The zero-order valence-electron chi connectivity index (χ0n) is 30.0. The third kappa shape index (κ3) is 5.26. The van der Waals surface area contributed by atoms with E-state index >= 15 is 0 Å².